The van der Waals surface area contributed by atoms with Crippen LogP contribution in [0, 0.1) is 5.92 Å². The predicted molar refractivity (Wildman–Crippen MR) is 80.5 cm³/mol. The number of rotatable bonds is 7. The molecule has 1 N–H and O–H groups in total. The lowest BCUT2D eigenvalue weighted by Crippen LogP contribution is -2.33. The minimum atomic E-state index is 0.518. The highest BCUT2D eigenvalue weighted by Gasteiger charge is 2.15. The van der Waals surface area contributed by atoms with Crippen LogP contribution in [0.3, 0.4) is 0 Å². The summed E-state index contributed by atoms with van der Waals surface area (Å²) in [5, 5.41) is 3.38. The molecule has 1 aliphatic heterocycles. The van der Waals surface area contributed by atoms with Crippen LogP contribution in [0.25, 0.3) is 0 Å². The molecular weight excluding hydrogens is 236 g/mol. The van der Waals surface area contributed by atoms with Crippen LogP contribution in [0.4, 0.5) is 0 Å². The van der Waals surface area contributed by atoms with Gasteiger partial charge in [-0.3, -0.25) is 0 Å². The normalized spacial score (nSPS) is 23.1. The van der Waals surface area contributed by atoms with Gasteiger partial charge in [-0.05, 0) is 58.2 Å². The summed E-state index contributed by atoms with van der Waals surface area (Å²) in [6, 6.07) is 0. The fraction of sp³-hybridized carbons (Fsp3) is 1.00. The number of hydrogen-bond acceptors (Lipinski definition) is 3. The SMILES string of the molecule is CN(CCCOC1CCNCC1)CC1CCCCC1. The van der Waals surface area contributed by atoms with E-state index in [4.69, 9.17) is 4.74 Å². The third-order valence-electron chi connectivity index (χ3n) is 4.62. The molecule has 0 aromatic rings. The van der Waals surface area contributed by atoms with Crippen molar-refractivity contribution in [3.63, 3.8) is 0 Å². The zero-order valence-electron chi connectivity index (χ0n) is 12.7. The van der Waals surface area contributed by atoms with E-state index in [-0.39, 0.29) is 0 Å². The third-order valence-corrected chi connectivity index (χ3v) is 4.62. The first-order chi connectivity index (χ1) is 9.34. The van der Waals surface area contributed by atoms with Gasteiger partial charge in [0, 0.05) is 19.7 Å². The van der Waals surface area contributed by atoms with Crippen molar-refractivity contribution in [1.29, 1.82) is 0 Å². The molecule has 112 valence electrons. The zero-order chi connectivity index (χ0) is 13.3. The average molecular weight is 268 g/mol. The maximum atomic E-state index is 5.96. The molecule has 2 aliphatic rings. The van der Waals surface area contributed by atoms with Crippen molar-refractivity contribution < 1.29 is 4.74 Å². The fourth-order valence-electron chi connectivity index (χ4n) is 3.45. The molecule has 3 nitrogen and oxygen atoms in total. The van der Waals surface area contributed by atoms with Gasteiger partial charge in [-0.1, -0.05) is 19.3 Å². The van der Waals surface area contributed by atoms with Crippen LogP contribution in [-0.4, -0.2) is 50.8 Å². The summed E-state index contributed by atoms with van der Waals surface area (Å²) >= 11 is 0. The molecule has 2 rings (SSSR count). The molecule has 0 aromatic heterocycles. The molecule has 0 bridgehead atoms. The topological polar surface area (TPSA) is 24.5 Å². The minimum absolute atomic E-state index is 0.518. The highest BCUT2D eigenvalue weighted by molar-refractivity contribution is 4.70. The largest absolute Gasteiger partial charge is 0.378 e. The smallest absolute Gasteiger partial charge is 0.0599 e. The van der Waals surface area contributed by atoms with Gasteiger partial charge in [-0.2, -0.15) is 0 Å². The van der Waals surface area contributed by atoms with E-state index in [0.29, 0.717) is 6.10 Å². The van der Waals surface area contributed by atoms with E-state index in [1.165, 1.54) is 64.5 Å². The molecule has 0 radical (unpaired) electrons. The summed E-state index contributed by atoms with van der Waals surface area (Å²) in [5.41, 5.74) is 0. The van der Waals surface area contributed by atoms with E-state index in [2.05, 4.69) is 17.3 Å². The Kier molecular flexibility index (Phi) is 7.18. The summed E-state index contributed by atoms with van der Waals surface area (Å²) in [5.74, 6) is 0.962. The predicted octanol–water partition coefficient (Wildman–Crippen LogP) is 2.66. The number of ether oxygens (including phenoxy) is 1. The lowest BCUT2D eigenvalue weighted by Gasteiger charge is -2.27. The maximum Gasteiger partial charge on any atom is 0.0599 e. The van der Waals surface area contributed by atoms with Crippen molar-refractivity contribution in [3.8, 4) is 0 Å². The molecule has 1 saturated carbocycles. The molecule has 0 atom stereocenters. The van der Waals surface area contributed by atoms with Crippen molar-refractivity contribution in [2.75, 3.05) is 39.8 Å². The van der Waals surface area contributed by atoms with Gasteiger partial charge < -0.3 is 15.0 Å². The molecular formula is C16H32N2O. The standard InChI is InChI=1S/C16H32N2O/c1-18(14-15-6-3-2-4-7-15)12-5-13-19-16-8-10-17-11-9-16/h15-17H,2-14H2,1H3. The Morgan fingerprint density at radius 2 is 1.79 bits per heavy atom. The summed E-state index contributed by atoms with van der Waals surface area (Å²) in [6.07, 6.45) is 11.4. The van der Waals surface area contributed by atoms with E-state index in [1.807, 2.05) is 0 Å². The van der Waals surface area contributed by atoms with Gasteiger partial charge in [0.15, 0.2) is 0 Å². The first-order valence-corrected chi connectivity index (χ1v) is 8.35. The Balaban J connectivity index is 1.47. The van der Waals surface area contributed by atoms with Crippen LogP contribution < -0.4 is 5.32 Å². The Morgan fingerprint density at radius 3 is 2.53 bits per heavy atom. The quantitative estimate of drug-likeness (QED) is 0.718. The lowest BCUT2D eigenvalue weighted by atomic mass is 9.89. The second kappa shape index (κ2) is 8.93. The molecule has 0 spiro atoms. The first kappa shape index (κ1) is 15.3. The van der Waals surface area contributed by atoms with E-state index >= 15 is 0 Å². The number of piperidine rings is 1. The summed E-state index contributed by atoms with van der Waals surface area (Å²) in [4.78, 5) is 2.52. The number of nitrogens with zero attached hydrogens (tertiary/aromatic N) is 1. The molecule has 1 aliphatic carbocycles. The molecule has 19 heavy (non-hydrogen) atoms. The second-order valence-electron chi connectivity index (χ2n) is 6.44. The highest BCUT2D eigenvalue weighted by Crippen LogP contribution is 2.24. The van der Waals surface area contributed by atoms with Gasteiger partial charge in [0.1, 0.15) is 0 Å². The Hall–Kier alpha value is -0.120. The zero-order valence-corrected chi connectivity index (χ0v) is 12.7. The van der Waals surface area contributed by atoms with Gasteiger partial charge in [0.05, 0.1) is 6.10 Å². The molecule has 0 unspecified atom stereocenters. The van der Waals surface area contributed by atoms with Crippen molar-refractivity contribution >= 4 is 0 Å². The number of hydrogen-bond donors (Lipinski definition) is 1. The maximum absolute atomic E-state index is 5.96. The second-order valence-corrected chi connectivity index (χ2v) is 6.44. The third kappa shape index (κ3) is 6.24. The van der Waals surface area contributed by atoms with Gasteiger partial charge in [-0.15, -0.1) is 0 Å². The summed E-state index contributed by atoms with van der Waals surface area (Å²) < 4.78 is 5.96. The van der Waals surface area contributed by atoms with E-state index in [9.17, 15) is 0 Å². The molecule has 1 heterocycles. The van der Waals surface area contributed by atoms with Gasteiger partial charge in [0.2, 0.25) is 0 Å². The monoisotopic (exact) mass is 268 g/mol. The van der Waals surface area contributed by atoms with Crippen LogP contribution in [0.1, 0.15) is 51.4 Å². The first-order valence-electron chi connectivity index (χ1n) is 8.35. The van der Waals surface area contributed by atoms with Crippen molar-refractivity contribution in [1.82, 2.24) is 10.2 Å². The molecule has 1 saturated heterocycles. The Morgan fingerprint density at radius 1 is 1.05 bits per heavy atom. The fourth-order valence-corrected chi connectivity index (χ4v) is 3.45. The molecule has 0 amide bonds. The summed E-state index contributed by atoms with van der Waals surface area (Å²) in [7, 11) is 2.28. The average Bonchev–Trinajstić information content (AvgIpc) is 2.46. The summed E-state index contributed by atoms with van der Waals surface area (Å²) in [6.45, 7) is 5.70. The highest BCUT2D eigenvalue weighted by atomic mass is 16.5. The van der Waals surface area contributed by atoms with Crippen LogP contribution in [-0.2, 0) is 4.74 Å². The van der Waals surface area contributed by atoms with Crippen molar-refractivity contribution in [2.24, 2.45) is 5.92 Å². The van der Waals surface area contributed by atoms with Gasteiger partial charge in [0.25, 0.3) is 0 Å². The molecule has 3 heteroatoms. The van der Waals surface area contributed by atoms with E-state index in [1.54, 1.807) is 0 Å². The van der Waals surface area contributed by atoms with Crippen LogP contribution >= 0.6 is 0 Å². The minimum Gasteiger partial charge on any atom is -0.378 e. The molecule has 2 fully saturated rings. The lowest BCUT2D eigenvalue weighted by molar-refractivity contribution is 0.0280. The Bertz CT molecular complexity index is 223. The number of nitrogens with one attached hydrogen (secondary N) is 1. The van der Waals surface area contributed by atoms with Crippen molar-refractivity contribution in [3.05, 3.63) is 0 Å². The Labute approximate surface area is 119 Å². The van der Waals surface area contributed by atoms with E-state index in [0.717, 1.165) is 25.6 Å². The van der Waals surface area contributed by atoms with Gasteiger partial charge >= 0.3 is 0 Å². The van der Waals surface area contributed by atoms with Crippen LogP contribution in [0.15, 0.2) is 0 Å². The van der Waals surface area contributed by atoms with Crippen molar-refractivity contribution in [2.45, 2.75) is 57.5 Å². The molecule has 0 aromatic carbocycles. The van der Waals surface area contributed by atoms with Crippen LogP contribution in [0.2, 0.25) is 0 Å². The van der Waals surface area contributed by atoms with Gasteiger partial charge in [-0.25, -0.2) is 0 Å². The van der Waals surface area contributed by atoms with E-state index < -0.39 is 0 Å². The van der Waals surface area contributed by atoms with Crippen LogP contribution in [0.5, 0.6) is 0 Å².